The minimum absolute atomic E-state index is 0.0738. The zero-order chi connectivity index (χ0) is 17.6. The van der Waals surface area contributed by atoms with Crippen LogP contribution in [0.25, 0.3) is 11.3 Å². The molecule has 0 spiro atoms. The van der Waals surface area contributed by atoms with E-state index in [2.05, 4.69) is 22.1 Å². The van der Waals surface area contributed by atoms with Gasteiger partial charge in [0.2, 0.25) is 0 Å². The lowest BCUT2D eigenvalue weighted by molar-refractivity contribution is 0.0210. The number of oxazole rings is 1. The van der Waals surface area contributed by atoms with E-state index in [4.69, 9.17) is 27.6 Å². The third-order valence-corrected chi connectivity index (χ3v) is 6.12. The molecule has 1 aromatic carbocycles. The third-order valence-electron chi connectivity index (χ3n) is 5.38. The van der Waals surface area contributed by atoms with Gasteiger partial charge >= 0.3 is 5.91 Å². The molecule has 1 aromatic heterocycles. The molecule has 3 fully saturated rings. The number of benzene rings is 1. The number of hydrogen-bond donors (Lipinski definition) is 1. The second kappa shape index (κ2) is 6.63. The molecule has 3 aliphatic rings. The normalized spacial score (nSPS) is 28.1. The zero-order valence-corrected chi connectivity index (χ0v) is 15.3. The molecule has 2 bridgehead atoms. The lowest BCUT2D eigenvalue weighted by Crippen LogP contribution is -2.62. The molecule has 5 rings (SSSR count). The molecule has 4 heterocycles. The number of fused-ring (bicyclic) bond motifs is 3. The first-order valence-electron chi connectivity index (χ1n) is 8.49. The Morgan fingerprint density at radius 2 is 2.04 bits per heavy atom. The van der Waals surface area contributed by atoms with E-state index < -0.39 is 0 Å². The summed E-state index contributed by atoms with van der Waals surface area (Å²) in [7, 11) is 0. The summed E-state index contributed by atoms with van der Waals surface area (Å²) in [5.74, 6) is 0.834. The van der Waals surface area contributed by atoms with Gasteiger partial charge in [0, 0.05) is 17.6 Å². The molecule has 1 N–H and O–H groups in total. The van der Waals surface area contributed by atoms with E-state index in [1.807, 2.05) is 0 Å². The number of halogens is 2. The van der Waals surface area contributed by atoms with E-state index in [1.165, 1.54) is 6.20 Å². The van der Waals surface area contributed by atoms with E-state index in [0.717, 1.165) is 31.5 Å². The first-order chi connectivity index (χ1) is 12.0. The Morgan fingerprint density at radius 1 is 1.28 bits per heavy atom. The van der Waals surface area contributed by atoms with Gasteiger partial charge in [0.05, 0.1) is 16.2 Å². The molecule has 2 atom stereocenters. The van der Waals surface area contributed by atoms with Gasteiger partial charge in [-0.05, 0) is 57.0 Å². The number of carbonyl (C=O) groups is 1. The fourth-order valence-corrected chi connectivity index (χ4v) is 4.22. The van der Waals surface area contributed by atoms with Crippen molar-refractivity contribution in [1.82, 2.24) is 15.2 Å². The Hall–Kier alpha value is -1.56. The van der Waals surface area contributed by atoms with Gasteiger partial charge in [0.15, 0.2) is 5.76 Å². The monoisotopic (exact) mass is 379 g/mol. The average molecular weight is 380 g/mol. The average Bonchev–Trinajstić information content (AvgIpc) is 3.11. The summed E-state index contributed by atoms with van der Waals surface area (Å²) in [5, 5.41) is 4.02. The maximum atomic E-state index is 12.6. The van der Waals surface area contributed by atoms with Crippen LogP contribution in [-0.2, 0) is 0 Å². The summed E-state index contributed by atoms with van der Waals surface area (Å²) < 4.78 is 5.64. The predicted molar refractivity (Wildman–Crippen MR) is 97.0 cm³/mol. The van der Waals surface area contributed by atoms with E-state index in [0.29, 0.717) is 27.8 Å². The largest absolute Gasteiger partial charge is 0.432 e. The molecule has 3 aliphatic heterocycles. The summed E-state index contributed by atoms with van der Waals surface area (Å²) in [6.45, 7) is 4.42. The van der Waals surface area contributed by atoms with E-state index in [9.17, 15) is 4.79 Å². The Bertz CT molecular complexity index is 797. The highest BCUT2D eigenvalue weighted by Gasteiger charge is 2.40. The van der Waals surface area contributed by atoms with Crippen LogP contribution >= 0.6 is 23.2 Å². The molecule has 132 valence electrons. The fraction of sp³-hybridized carbons (Fsp3) is 0.444. The molecule has 0 aliphatic carbocycles. The van der Waals surface area contributed by atoms with Gasteiger partial charge < -0.3 is 9.73 Å². The van der Waals surface area contributed by atoms with Crippen LogP contribution in [0.1, 0.15) is 30.5 Å². The van der Waals surface area contributed by atoms with Gasteiger partial charge in [-0.15, -0.1) is 0 Å². The van der Waals surface area contributed by atoms with Crippen molar-refractivity contribution in [2.75, 3.05) is 13.1 Å². The molecule has 7 heteroatoms. The van der Waals surface area contributed by atoms with Crippen LogP contribution in [-0.4, -0.2) is 41.0 Å². The second-order valence-corrected chi connectivity index (χ2v) is 7.59. The molecular weight excluding hydrogens is 361 g/mol. The summed E-state index contributed by atoms with van der Waals surface area (Å²) in [5.41, 5.74) is 0.733. The van der Waals surface area contributed by atoms with Crippen LogP contribution < -0.4 is 5.32 Å². The molecule has 25 heavy (non-hydrogen) atoms. The molecule has 2 aromatic rings. The fourth-order valence-electron chi connectivity index (χ4n) is 3.92. The molecule has 5 nitrogen and oxygen atoms in total. The highest BCUT2D eigenvalue weighted by atomic mass is 35.5. The highest BCUT2D eigenvalue weighted by molar-refractivity contribution is 6.42. The quantitative estimate of drug-likeness (QED) is 0.879. The van der Waals surface area contributed by atoms with Gasteiger partial charge in [-0.25, -0.2) is 4.98 Å². The lowest BCUT2D eigenvalue weighted by atomic mass is 9.79. The number of aromatic nitrogens is 1. The SMILES string of the molecule is CC1C(NC(=O)c2ncc(-c3ccc(Cl)c(Cl)c3)o2)C2CCN1CC2. The molecular formula is C18H19Cl2N3O2. The van der Waals surface area contributed by atoms with Crippen molar-refractivity contribution < 1.29 is 9.21 Å². The number of hydrogen-bond acceptors (Lipinski definition) is 4. The number of carbonyl (C=O) groups excluding carboxylic acids is 1. The van der Waals surface area contributed by atoms with Gasteiger partial charge in [-0.3, -0.25) is 9.69 Å². The van der Waals surface area contributed by atoms with Crippen LogP contribution in [0.4, 0.5) is 0 Å². The Kier molecular flexibility index (Phi) is 4.48. The third kappa shape index (κ3) is 3.16. The van der Waals surface area contributed by atoms with Crippen molar-refractivity contribution in [3.8, 4) is 11.3 Å². The summed E-state index contributed by atoms with van der Waals surface area (Å²) in [4.78, 5) is 19.1. The predicted octanol–water partition coefficient (Wildman–Crippen LogP) is 3.86. The lowest BCUT2D eigenvalue weighted by Gasteiger charge is -2.49. The molecule has 0 saturated carbocycles. The zero-order valence-electron chi connectivity index (χ0n) is 13.8. The Labute approximate surface area is 156 Å². The minimum Gasteiger partial charge on any atom is -0.432 e. The molecule has 2 unspecified atom stereocenters. The minimum atomic E-state index is -0.267. The molecule has 1 amide bonds. The van der Waals surface area contributed by atoms with Crippen LogP contribution in [0.15, 0.2) is 28.8 Å². The first kappa shape index (κ1) is 16.9. The van der Waals surface area contributed by atoms with Crippen molar-refractivity contribution >= 4 is 29.1 Å². The van der Waals surface area contributed by atoms with Crippen molar-refractivity contribution in [2.45, 2.75) is 31.8 Å². The second-order valence-electron chi connectivity index (χ2n) is 6.77. The standard InChI is InChI=1S/C18H19Cl2N3O2/c1-10-16(11-4-6-23(10)7-5-11)22-17(24)18-21-9-15(25-18)12-2-3-13(19)14(20)8-12/h2-3,8-11,16H,4-7H2,1H3,(H,22,24). The highest BCUT2D eigenvalue weighted by Crippen LogP contribution is 2.32. The summed E-state index contributed by atoms with van der Waals surface area (Å²) in [6, 6.07) is 5.67. The van der Waals surface area contributed by atoms with Crippen LogP contribution in [0, 0.1) is 5.92 Å². The van der Waals surface area contributed by atoms with Gasteiger partial charge in [-0.2, -0.15) is 0 Å². The van der Waals surface area contributed by atoms with Gasteiger partial charge in [-0.1, -0.05) is 23.2 Å². The maximum absolute atomic E-state index is 12.6. The van der Waals surface area contributed by atoms with Crippen molar-refractivity contribution in [1.29, 1.82) is 0 Å². The molecule has 0 radical (unpaired) electrons. The maximum Gasteiger partial charge on any atom is 0.307 e. The van der Waals surface area contributed by atoms with Crippen LogP contribution in [0.2, 0.25) is 10.0 Å². The van der Waals surface area contributed by atoms with Crippen molar-refractivity contribution in [3.05, 3.63) is 40.3 Å². The van der Waals surface area contributed by atoms with Crippen LogP contribution in [0.3, 0.4) is 0 Å². The number of rotatable bonds is 3. The number of nitrogens with zero attached hydrogens (tertiary/aromatic N) is 2. The van der Waals surface area contributed by atoms with Crippen LogP contribution in [0.5, 0.6) is 0 Å². The smallest absolute Gasteiger partial charge is 0.307 e. The molecule has 3 saturated heterocycles. The van der Waals surface area contributed by atoms with Crippen molar-refractivity contribution in [3.63, 3.8) is 0 Å². The van der Waals surface area contributed by atoms with Crippen molar-refractivity contribution in [2.24, 2.45) is 5.92 Å². The number of nitrogens with one attached hydrogen (secondary N) is 1. The summed E-state index contributed by atoms with van der Waals surface area (Å²) >= 11 is 12.0. The Morgan fingerprint density at radius 3 is 2.72 bits per heavy atom. The topological polar surface area (TPSA) is 58.4 Å². The van der Waals surface area contributed by atoms with E-state index in [1.54, 1.807) is 18.2 Å². The van der Waals surface area contributed by atoms with Gasteiger partial charge in [0.25, 0.3) is 5.89 Å². The summed E-state index contributed by atoms with van der Waals surface area (Å²) in [6.07, 6.45) is 3.80. The number of piperidine rings is 3. The first-order valence-corrected chi connectivity index (χ1v) is 9.24. The number of amides is 1. The Balaban J connectivity index is 1.50. The van der Waals surface area contributed by atoms with E-state index >= 15 is 0 Å². The van der Waals surface area contributed by atoms with E-state index in [-0.39, 0.29) is 17.8 Å². The van der Waals surface area contributed by atoms with Gasteiger partial charge in [0.1, 0.15) is 0 Å².